The Morgan fingerprint density at radius 2 is 2.20 bits per heavy atom. The van der Waals surface area contributed by atoms with Gasteiger partial charge in [-0.15, -0.1) is 0 Å². The minimum atomic E-state index is 0.386. The lowest BCUT2D eigenvalue weighted by molar-refractivity contribution is 0.299. The SMILES string of the molecule is [2H]c1cnc(=NC)[nH]c1N(C)CC.c1ccc2c(c1)CC1CCCC2C1. The monoisotopic (exact) mass is 339 g/mol. The van der Waals surface area contributed by atoms with Crippen molar-refractivity contribution in [2.45, 2.75) is 44.9 Å². The molecule has 0 spiro atoms. The van der Waals surface area contributed by atoms with Crippen LogP contribution in [-0.4, -0.2) is 30.6 Å². The second-order valence-electron chi connectivity index (χ2n) is 7.07. The van der Waals surface area contributed by atoms with Gasteiger partial charge in [-0.3, -0.25) is 4.99 Å². The van der Waals surface area contributed by atoms with Crippen molar-refractivity contribution in [1.29, 1.82) is 0 Å². The molecule has 1 fully saturated rings. The van der Waals surface area contributed by atoms with Gasteiger partial charge in [-0.25, -0.2) is 4.98 Å². The van der Waals surface area contributed by atoms with Crippen molar-refractivity contribution in [3.05, 3.63) is 53.2 Å². The molecule has 2 aromatic rings. The molecule has 2 atom stereocenters. The highest BCUT2D eigenvalue weighted by molar-refractivity contribution is 5.34. The third-order valence-electron chi connectivity index (χ3n) is 5.47. The molecule has 0 amide bonds. The number of benzene rings is 1. The highest BCUT2D eigenvalue weighted by Crippen LogP contribution is 2.43. The fourth-order valence-corrected chi connectivity index (χ4v) is 3.99. The second-order valence-corrected chi connectivity index (χ2v) is 7.07. The molecule has 1 saturated carbocycles. The molecule has 2 aliphatic rings. The first-order valence-electron chi connectivity index (χ1n) is 9.90. The number of hydrogen-bond acceptors (Lipinski definition) is 3. The maximum Gasteiger partial charge on any atom is 0.223 e. The van der Waals surface area contributed by atoms with Crippen molar-refractivity contribution in [2.75, 3.05) is 25.5 Å². The standard InChI is InChI=1S/C13H16.C8H14N4/c1-2-7-13-11(5-1)8-10-4-3-6-12(13)9-10;1-4-12(3)7-5-6-10-8(9-2)11-7/h1-2,5,7,10,12H,3-4,6,8-9H2;5-6H,4H2,1-3H3,(H,9,10,11)/i;5D. The zero-order valence-corrected chi connectivity index (χ0v) is 15.6. The molecule has 2 aliphatic carbocycles. The van der Waals surface area contributed by atoms with Gasteiger partial charge >= 0.3 is 0 Å². The van der Waals surface area contributed by atoms with E-state index >= 15 is 0 Å². The molecule has 4 rings (SSSR count). The Morgan fingerprint density at radius 3 is 3.00 bits per heavy atom. The summed E-state index contributed by atoms with van der Waals surface area (Å²) in [7, 11) is 3.58. The van der Waals surface area contributed by atoms with Gasteiger partial charge in [0, 0.05) is 26.8 Å². The Morgan fingerprint density at radius 1 is 1.36 bits per heavy atom. The van der Waals surface area contributed by atoms with E-state index in [-0.39, 0.29) is 0 Å². The van der Waals surface area contributed by atoms with Gasteiger partial charge in [-0.1, -0.05) is 37.1 Å². The van der Waals surface area contributed by atoms with Gasteiger partial charge < -0.3 is 9.88 Å². The third kappa shape index (κ3) is 4.30. The summed E-state index contributed by atoms with van der Waals surface area (Å²) in [6, 6.07) is 9.46. The highest BCUT2D eigenvalue weighted by atomic mass is 15.2. The van der Waals surface area contributed by atoms with E-state index in [0.29, 0.717) is 11.7 Å². The van der Waals surface area contributed by atoms with Crippen LogP contribution >= 0.6 is 0 Å². The number of fused-ring (bicyclic) bond motifs is 4. The molecule has 1 aromatic carbocycles. The van der Waals surface area contributed by atoms with Crippen LogP contribution in [0.2, 0.25) is 0 Å². The van der Waals surface area contributed by atoms with Gasteiger partial charge in [0.15, 0.2) is 0 Å². The van der Waals surface area contributed by atoms with Crippen molar-refractivity contribution >= 4 is 5.82 Å². The van der Waals surface area contributed by atoms with Crippen molar-refractivity contribution in [3.63, 3.8) is 0 Å². The van der Waals surface area contributed by atoms with Gasteiger partial charge in [-0.05, 0) is 55.2 Å². The van der Waals surface area contributed by atoms with Crippen LogP contribution in [0.1, 0.15) is 51.0 Å². The average molecular weight is 340 g/mol. The summed E-state index contributed by atoms with van der Waals surface area (Å²) in [6.07, 6.45) is 8.70. The Kier molecular flexibility index (Phi) is 5.45. The van der Waals surface area contributed by atoms with Crippen molar-refractivity contribution < 1.29 is 1.37 Å². The van der Waals surface area contributed by atoms with Crippen LogP contribution in [0.15, 0.2) is 41.5 Å². The predicted octanol–water partition coefficient (Wildman–Crippen LogP) is 3.91. The summed E-state index contributed by atoms with van der Waals surface area (Å²) >= 11 is 0. The van der Waals surface area contributed by atoms with Crippen LogP contribution in [0.25, 0.3) is 0 Å². The van der Waals surface area contributed by atoms with Crippen molar-refractivity contribution in [1.82, 2.24) is 9.97 Å². The van der Waals surface area contributed by atoms with Crippen molar-refractivity contribution in [2.24, 2.45) is 10.9 Å². The number of aromatic amines is 1. The predicted molar refractivity (Wildman–Crippen MR) is 104 cm³/mol. The molecule has 0 aliphatic heterocycles. The maximum absolute atomic E-state index is 7.60. The molecular weight excluding hydrogens is 308 g/mol. The molecule has 4 nitrogen and oxygen atoms in total. The van der Waals surface area contributed by atoms with E-state index in [9.17, 15) is 0 Å². The molecule has 1 aromatic heterocycles. The summed E-state index contributed by atoms with van der Waals surface area (Å²) in [5.74, 6) is 2.66. The van der Waals surface area contributed by atoms with E-state index in [0.717, 1.165) is 24.2 Å². The van der Waals surface area contributed by atoms with Crippen LogP contribution in [0.3, 0.4) is 0 Å². The molecule has 0 saturated heterocycles. The second kappa shape index (κ2) is 8.32. The van der Waals surface area contributed by atoms with Gasteiger partial charge in [0.2, 0.25) is 5.62 Å². The van der Waals surface area contributed by atoms with Crippen LogP contribution in [0, 0.1) is 5.92 Å². The average Bonchev–Trinajstić information content (AvgIpc) is 2.68. The fraction of sp³-hybridized carbons (Fsp3) is 0.524. The Bertz CT molecular complexity index is 799. The summed E-state index contributed by atoms with van der Waals surface area (Å²) in [6.45, 7) is 2.87. The quantitative estimate of drug-likeness (QED) is 0.901. The Labute approximate surface area is 152 Å². The summed E-state index contributed by atoms with van der Waals surface area (Å²) in [5, 5.41) is 0. The number of nitrogens with one attached hydrogen (secondary N) is 1. The van der Waals surface area contributed by atoms with E-state index in [1.165, 1.54) is 38.3 Å². The first-order chi connectivity index (χ1) is 12.6. The number of H-pyrrole nitrogens is 1. The molecule has 1 heterocycles. The number of anilines is 1. The number of aromatic nitrogens is 2. The molecule has 2 bridgehead atoms. The molecule has 1 N–H and O–H groups in total. The van der Waals surface area contributed by atoms with Crippen LogP contribution < -0.4 is 10.5 Å². The molecular formula is C21H30N4. The molecule has 0 radical (unpaired) electrons. The van der Waals surface area contributed by atoms with E-state index in [1.54, 1.807) is 18.2 Å². The fourth-order valence-electron chi connectivity index (χ4n) is 3.99. The highest BCUT2D eigenvalue weighted by Gasteiger charge is 2.29. The zero-order valence-electron chi connectivity index (χ0n) is 16.6. The van der Waals surface area contributed by atoms with Gasteiger partial charge in [0.05, 0.1) is 1.37 Å². The maximum atomic E-state index is 7.60. The van der Waals surface area contributed by atoms with E-state index < -0.39 is 0 Å². The largest absolute Gasteiger partial charge is 0.361 e. The minimum absolute atomic E-state index is 0.386. The minimum Gasteiger partial charge on any atom is -0.361 e. The van der Waals surface area contributed by atoms with Crippen LogP contribution in [0.5, 0.6) is 0 Å². The normalized spacial score (nSPS) is 22.4. The van der Waals surface area contributed by atoms with Gasteiger partial charge in [0.25, 0.3) is 0 Å². The summed E-state index contributed by atoms with van der Waals surface area (Å²) in [5.41, 5.74) is 3.85. The zero-order chi connectivity index (χ0) is 18.5. The first-order valence-corrected chi connectivity index (χ1v) is 9.40. The third-order valence-corrected chi connectivity index (χ3v) is 5.47. The van der Waals surface area contributed by atoms with Gasteiger partial charge in [-0.2, -0.15) is 0 Å². The molecule has 2 unspecified atom stereocenters. The number of nitrogens with zero attached hydrogens (tertiary/aromatic N) is 3. The summed E-state index contributed by atoms with van der Waals surface area (Å²) < 4.78 is 7.60. The van der Waals surface area contributed by atoms with E-state index in [2.05, 4.69) is 39.2 Å². The van der Waals surface area contributed by atoms with Crippen molar-refractivity contribution in [3.8, 4) is 0 Å². The molecule has 4 heteroatoms. The molecule has 25 heavy (non-hydrogen) atoms. The number of rotatable bonds is 2. The van der Waals surface area contributed by atoms with Crippen LogP contribution in [0.4, 0.5) is 5.82 Å². The topological polar surface area (TPSA) is 44.3 Å². The molecule has 134 valence electrons. The lowest BCUT2D eigenvalue weighted by Gasteiger charge is -2.36. The van der Waals surface area contributed by atoms with Crippen LogP contribution in [-0.2, 0) is 6.42 Å². The lowest BCUT2D eigenvalue weighted by atomic mass is 9.69. The first kappa shape index (κ1) is 16.4. The van der Waals surface area contributed by atoms with Gasteiger partial charge in [0.1, 0.15) is 5.82 Å². The van der Waals surface area contributed by atoms with E-state index in [1.807, 2.05) is 18.9 Å². The summed E-state index contributed by atoms with van der Waals surface area (Å²) in [4.78, 5) is 12.8. The smallest absolute Gasteiger partial charge is 0.223 e. The Balaban J connectivity index is 0.000000151. The number of hydrogen-bond donors (Lipinski definition) is 1. The van der Waals surface area contributed by atoms with E-state index in [4.69, 9.17) is 1.37 Å². The Hall–Kier alpha value is -2.10. The lowest BCUT2D eigenvalue weighted by Crippen LogP contribution is -2.22.